The minimum Gasteiger partial charge on any atom is -0.465 e. The number of nitrogens with one attached hydrogen (secondary N) is 2. The van der Waals surface area contributed by atoms with E-state index in [1.165, 1.54) is 0 Å². The standard InChI is InChI=1S/C20H22N2O4/c1-2-26-18(24)14-21-17(23)13-22-20(25)19(15-9-5-3-6-10-15)16-11-7-4-8-12-16/h3-12,19H,2,13-14H2,1H3,(H,21,23)(H,22,25). The predicted molar refractivity (Wildman–Crippen MR) is 97.4 cm³/mol. The summed E-state index contributed by atoms with van der Waals surface area (Å²) in [6, 6.07) is 18.7. The number of esters is 1. The molecule has 0 radical (unpaired) electrons. The molecule has 0 unspecified atom stereocenters. The molecule has 0 aliphatic rings. The number of carbonyl (C=O) groups excluding carboxylic acids is 3. The first-order valence-electron chi connectivity index (χ1n) is 8.41. The van der Waals surface area contributed by atoms with E-state index >= 15 is 0 Å². The Hall–Kier alpha value is -3.15. The zero-order chi connectivity index (χ0) is 18.8. The normalized spacial score (nSPS) is 10.2. The molecule has 2 aromatic carbocycles. The molecular weight excluding hydrogens is 332 g/mol. The van der Waals surface area contributed by atoms with Crippen molar-refractivity contribution in [1.29, 1.82) is 0 Å². The van der Waals surface area contributed by atoms with Crippen molar-refractivity contribution in [2.45, 2.75) is 12.8 Å². The van der Waals surface area contributed by atoms with Crippen LogP contribution in [0.3, 0.4) is 0 Å². The molecule has 2 rings (SSSR count). The van der Waals surface area contributed by atoms with E-state index in [-0.39, 0.29) is 25.6 Å². The first-order valence-corrected chi connectivity index (χ1v) is 8.41. The van der Waals surface area contributed by atoms with E-state index in [4.69, 9.17) is 4.74 Å². The Morgan fingerprint density at radius 3 is 1.88 bits per heavy atom. The zero-order valence-electron chi connectivity index (χ0n) is 14.6. The molecule has 0 heterocycles. The largest absolute Gasteiger partial charge is 0.465 e. The van der Waals surface area contributed by atoms with E-state index < -0.39 is 17.8 Å². The number of hydrogen-bond donors (Lipinski definition) is 2. The summed E-state index contributed by atoms with van der Waals surface area (Å²) in [6.45, 7) is 1.51. The summed E-state index contributed by atoms with van der Waals surface area (Å²) in [5.41, 5.74) is 1.67. The van der Waals surface area contributed by atoms with Gasteiger partial charge in [0.2, 0.25) is 11.8 Å². The SMILES string of the molecule is CCOC(=O)CNC(=O)CNC(=O)C(c1ccccc1)c1ccccc1. The van der Waals surface area contributed by atoms with Crippen LogP contribution in [-0.2, 0) is 19.1 Å². The van der Waals surface area contributed by atoms with E-state index in [9.17, 15) is 14.4 Å². The summed E-state index contributed by atoms with van der Waals surface area (Å²) >= 11 is 0. The smallest absolute Gasteiger partial charge is 0.325 e. The van der Waals surface area contributed by atoms with Crippen LogP contribution in [0, 0.1) is 0 Å². The Morgan fingerprint density at radius 1 is 0.846 bits per heavy atom. The fraction of sp³-hybridized carbons (Fsp3) is 0.250. The summed E-state index contributed by atoms with van der Waals surface area (Å²) < 4.78 is 4.73. The van der Waals surface area contributed by atoms with Gasteiger partial charge in [-0.05, 0) is 18.1 Å². The summed E-state index contributed by atoms with van der Waals surface area (Å²) in [5, 5.41) is 5.05. The van der Waals surface area contributed by atoms with Crippen LogP contribution in [0.4, 0.5) is 0 Å². The van der Waals surface area contributed by atoms with Crippen LogP contribution in [0.2, 0.25) is 0 Å². The highest BCUT2D eigenvalue weighted by Crippen LogP contribution is 2.24. The maximum atomic E-state index is 12.7. The maximum absolute atomic E-state index is 12.7. The fourth-order valence-corrected chi connectivity index (χ4v) is 2.50. The van der Waals surface area contributed by atoms with Gasteiger partial charge >= 0.3 is 5.97 Å². The van der Waals surface area contributed by atoms with Gasteiger partial charge in [0.1, 0.15) is 6.54 Å². The molecule has 2 N–H and O–H groups in total. The van der Waals surface area contributed by atoms with Crippen LogP contribution in [0.15, 0.2) is 60.7 Å². The molecular formula is C20H22N2O4. The zero-order valence-corrected chi connectivity index (χ0v) is 14.6. The average molecular weight is 354 g/mol. The summed E-state index contributed by atoms with van der Waals surface area (Å²) in [4.78, 5) is 35.8. The minimum atomic E-state index is -0.518. The van der Waals surface area contributed by atoms with E-state index in [2.05, 4.69) is 10.6 Å². The number of amides is 2. The minimum absolute atomic E-state index is 0.214. The molecule has 0 bridgehead atoms. The molecule has 0 spiro atoms. The lowest BCUT2D eigenvalue weighted by Gasteiger charge is -2.17. The number of hydrogen-bond acceptors (Lipinski definition) is 4. The first-order chi connectivity index (χ1) is 12.6. The van der Waals surface area contributed by atoms with Gasteiger partial charge in [-0.25, -0.2) is 0 Å². The van der Waals surface area contributed by atoms with Gasteiger partial charge in [0.05, 0.1) is 19.1 Å². The molecule has 6 heteroatoms. The number of ether oxygens (including phenoxy) is 1. The van der Waals surface area contributed by atoms with Gasteiger partial charge in [0, 0.05) is 0 Å². The van der Waals surface area contributed by atoms with E-state index in [0.717, 1.165) is 11.1 Å². The third-order valence-corrected chi connectivity index (χ3v) is 3.69. The monoisotopic (exact) mass is 354 g/mol. The highest BCUT2D eigenvalue weighted by molar-refractivity contribution is 5.91. The van der Waals surface area contributed by atoms with Crippen LogP contribution in [-0.4, -0.2) is 37.5 Å². The number of carbonyl (C=O) groups is 3. The Morgan fingerprint density at radius 2 is 1.38 bits per heavy atom. The molecule has 136 valence electrons. The van der Waals surface area contributed by atoms with Gasteiger partial charge in [-0.3, -0.25) is 14.4 Å². The molecule has 0 aliphatic heterocycles. The molecule has 26 heavy (non-hydrogen) atoms. The third kappa shape index (κ3) is 5.73. The van der Waals surface area contributed by atoms with Crippen molar-refractivity contribution in [3.63, 3.8) is 0 Å². The van der Waals surface area contributed by atoms with Crippen molar-refractivity contribution >= 4 is 17.8 Å². The quantitative estimate of drug-likeness (QED) is 0.706. The average Bonchev–Trinajstić information content (AvgIpc) is 2.67. The van der Waals surface area contributed by atoms with E-state index in [0.29, 0.717) is 0 Å². The second-order valence-electron chi connectivity index (χ2n) is 5.55. The highest BCUT2D eigenvalue weighted by atomic mass is 16.5. The van der Waals surface area contributed by atoms with Crippen LogP contribution in [0.1, 0.15) is 24.0 Å². The van der Waals surface area contributed by atoms with Gasteiger partial charge in [-0.1, -0.05) is 60.7 Å². The second-order valence-corrected chi connectivity index (χ2v) is 5.55. The maximum Gasteiger partial charge on any atom is 0.325 e. The summed E-state index contributed by atoms with van der Waals surface area (Å²) in [7, 11) is 0. The number of rotatable bonds is 8. The van der Waals surface area contributed by atoms with Crippen molar-refractivity contribution in [3.8, 4) is 0 Å². The van der Waals surface area contributed by atoms with E-state index in [1.807, 2.05) is 60.7 Å². The summed E-state index contributed by atoms with van der Waals surface area (Å²) in [6.07, 6.45) is 0. The van der Waals surface area contributed by atoms with Gasteiger partial charge in [-0.15, -0.1) is 0 Å². The third-order valence-electron chi connectivity index (χ3n) is 3.69. The lowest BCUT2D eigenvalue weighted by Crippen LogP contribution is -2.41. The molecule has 6 nitrogen and oxygen atoms in total. The van der Waals surface area contributed by atoms with Crippen molar-refractivity contribution < 1.29 is 19.1 Å². The van der Waals surface area contributed by atoms with Crippen LogP contribution in [0.5, 0.6) is 0 Å². The Kier molecular flexibility index (Phi) is 7.36. The Balaban J connectivity index is 1.99. The molecule has 0 aromatic heterocycles. The van der Waals surface area contributed by atoms with Gasteiger partial charge < -0.3 is 15.4 Å². The van der Waals surface area contributed by atoms with Crippen LogP contribution >= 0.6 is 0 Å². The van der Waals surface area contributed by atoms with E-state index in [1.54, 1.807) is 6.92 Å². The van der Waals surface area contributed by atoms with Gasteiger partial charge in [-0.2, -0.15) is 0 Å². The molecule has 0 atom stereocenters. The van der Waals surface area contributed by atoms with Crippen molar-refractivity contribution in [3.05, 3.63) is 71.8 Å². The molecule has 0 fully saturated rings. The van der Waals surface area contributed by atoms with Crippen molar-refractivity contribution in [2.75, 3.05) is 19.7 Å². The lowest BCUT2D eigenvalue weighted by atomic mass is 9.90. The number of benzene rings is 2. The second kappa shape index (κ2) is 9.98. The highest BCUT2D eigenvalue weighted by Gasteiger charge is 2.22. The van der Waals surface area contributed by atoms with Gasteiger partial charge in [0.25, 0.3) is 0 Å². The van der Waals surface area contributed by atoms with Crippen LogP contribution < -0.4 is 10.6 Å². The Bertz CT molecular complexity index is 692. The molecule has 2 aromatic rings. The predicted octanol–water partition coefficient (Wildman–Crippen LogP) is 1.61. The fourth-order valence-electron chi connectivity index (χ4n) is 2.50. The van der Waals surface area contributed by atoms with Crippen LogP contribution in [0.25, 0.3) is 0 Å². The molecule has 2 amide bonds. The summed E-state index contributed by atoms with van der Waals surface area (Å²) in [5.74, 6) is -1.77. The van der Waals surface area contributed by atoms with Crippen molar-refractivity contribution in [1.82, 2.24) is 10.6 Å². The molecule has 0 aliphatic carbocycles. The molecule has 0 saturated heterocycles. The lowest BCUT2D eigenvalue weighted by molar-refractivity contribution is -0.143. The van der Waals surface area contributed by atoms with Gasteiger partial charge in [0.15, 0.2) is 0 Å². The topological polar surface area (TPSA) is 84.5 Å². The Labute approximate surface area is 152 Å². The first kappa shape index (κ1) is 19.2. The molecule has 0 saturated carbocycles. The van der Waals surface area contributed by atoms with Crippen molar-refractivity contribution in [2.24, 2.45) is 0 Å².